The first-order valence-electron chi connectivity index (χ1n) is 4.95. The van der Waals surface area contributed by atoms with E-state index >= 15 is 0 Å². The van der Waals surface area contributed by atoms with Gasteiger partial charge < -0.3 is 9.30 Å². The minimum Gasteiger partial charge on any atom is -0.441 e. The minimum atomic E-state index is 0.807. The van der Waals surface area contributed by atoms with Crippen LogP contribution in [0.3, 0.4) is 0 Å². The number of aryl methyl sites for hydroxylation is 3. The molecule has 0 N–H and O–H groups in total. The van der Waals surface area contributed by atoms with E-state index in [1.165, 1.54) is 5.56 Å². The van der Waals surface area contributed by atoms with Crippen molar-refractivity contribution in [3.63, 3.8) is 0 Å². The third-order valence-electron chi connectivity index (χ3n) is 2.37. The van der Waals surface area contributed by atoms with E-state index in [0.717, 1.165) is 17.2 Å². The summed E-state index contributed by atoms with van der Waals surface area (Å²) in [5, 5.41) is 0. The van der Waals surface area contributed by atoms with Crippen LogP contribution in [0.15, 0.2) is 30.3 Å². The summed E-state index contributed by atoms with van der Waals surface area (Å²) in [6.45, 7) is 4.13. The minimum absolute atomic E-state index is 0.807. The smallest absolute Gasteiger partial charge is 0.200 e. The van der Waals surface area contributed by atoms with E-state index in [1.807, 2.05) is 29.8 Å². The van der Waals surface area contributed by atoms with E-state index in [4.69, 9.17) is 4.74 Å². The monoisotopic (exact) mass is 200 g/mol. The largest absolute Gasteiger partial charge is 0.441 e. The molecule has 77 valence electrons. The fourth-order valence-corrected chi connectivity index (χ4v) is 1.52. The van der Waals surface area contributed by atoms with E-state index in [-0.39, 0.29) is 0 Å². The fraction of sp³-hybridized carbons (Fsp3) is 0.231. The summed E-state index contributed by atoms with van der Waals surface area (Å²) >= 11 is 0. The third kappa shape index (κ3) is 2.04. The standard InChI is InChI=1S/C13H14NO/c1-10-6-7-12(11(2)9-10)15-13-5-4-8-14(13)3/h4-7,9H,1-3H3. The van der Waals surface area contributed by atoms with Crippen LogP contribution in [0, 0.1) is 20.0 Å². The second-order valence-corrected chi connectivity index (χ2v) is 3.73. The van der Waals surface area contributed by atoms with Crippen molar-refractivity contribution in [2.75, 3.05) is 0 Å². The lowest BCUT2D eigenvalue weighted by Crippen LogP contribution is -1.93. The number of ether oxygens (including phenoxy) is 1. The summed E-state index contributed by atoms with van der Waals surface area (Å²) in [4.78, 5) is 0. The van der Waals surface area contributed by atoms with Gasteiger partial charge in [-0.05, 0) is 31.5 Å². The molecule has 0 aliphatic carbocycles. The van der Waals surface area contributed by atoms with Gasteiger partial charge in [0.05, 0.1) is 6.20 Å². The highest BCUT2D eigenvalue weighted by Crippen LogP contribution is 2.25. The molecular weight excluding hydrogens is 186 g/mol. The van der Waals surface area contributed by atoms with Crippen LogP contribution in [0.5, 0.6) is 11.6 Å². The van der Waals surface area contributed by atoms with Gasteiger partial charge in [0.15, 0.2) is 5.88 Å². The van der Waals surface area contributed by atoms with Gasteiger partial charge >= 0.3 is 0 Å². The average molecular weight is 200 g/mol. The van der Waals surface area contributed by atoms with Crippen LogP contribution in [0.25, 0.3) is 0 Å². The van der Waals surface area contributed by atoms with E-state index in [1.54, 1.807) is 0 Å². The van der Waals surface area contributed by atoms with Crippen molar-refractivity contribution in [1.82, 2.24) is 4.57 Å². The second-order valence-electron chi connectivity index (χ2n) is 3.73. The van der Waals surface area contributed by atoms with Gasteiger partial charge in [0.1, 0.15) is 5.75 Å². The van der Waals surface area contributed by atoms with E-state index in [2.05, 4.69) is 32.2 Å². The van der Waals surface area contributed by atoms with Gasteiger partial charge in [-0.15, -0.1) is 0 Å². The number of nitrogens with zero attached hydrogens (tertiary/aromatic N) is 1. The maximum atomic E-state index is 5.77. The lowest BCUT2D eigenvalue weighted by atomic mass is 10.1. The highest BCUT2D eigenvalue weighted by molar-refractivity contribution is 5.38. The van der Waals surface area contributed by atoms with Crippen LogP contribution in [0.4, 0.5) is 0 Å². The first-order valence-corrected chi connectivity index (χ1v) is 4.95. The number of hydrogen-bond donors (Lipinski definition) is 0. The van der Waals surface area contributed by atoms with Crippen LogP contribution in [-0.2, 0) is 7.05 Å². The Morgan fingerprint density at radius 2 is 2.00 bits per heavy atom. The van der Waals surface area contributed by atoms with E-state index in [9.17, 15) is 0 Å². The average Bonchev–Trinajstić information content (AvgIpc) is 2.57. The lowest BCUT2D eigenvalue weighted by molar-refractivity contribution is 0.439. The molecule has 0 spiro atoms. The van der Waals surface area contributed by atoms with Crippen molar-refractivity contribution < 1.29 is 4.74 Å². The Hall–Kier alpha value is -1.70. The zero-order chi connectivity index (χ0) is 10.8. The van der Waals surface area contributed by atoms with Crippen LogP contribution in [-0.4, -0.2) is 4.57 Å². The summed E-state index contributed by atoms with van der Waals surface area (Å²) in [5.41, 5.74) is 2.40. The molecule has 0 amide bonds. The summed E-state index contributed by atoms with van der Waals surface area (Å²) in [5.74, 6) is 1.71. The molecule has 1 aromatic carbocycles. The molecule has 1 radical (unpaired) electrons. The molecule has 2 rings (SSSR count). The lowest BCUT2D eigenvalue weighted by Gasteiger charge is -2.09. The van der Waals surface area contributed by atoms with Gasteiger partial charge in [-0.2, -0.15) is 0 Å². The van der Waals surface area contributed by atoms with Crippen LogP contribution < -0.4 is 4.74 Å². The summed E-state index contributed by atoms with van der Waals surface area (Å²) in [7, 11) is 1.92. The predicted octanol–water partition coefficient (Wildman–Crippen LogP) is 3.23. The summed E-state index contributed by atoms with van der Waals surface area (Å²) < 4.78 is 7.60. The number of benzene rings is 1. The van der Waals surface area contributed by atoms with Crippen LogP contribution in [0.2, 0.25) is 0 Å². The molecule has 0 saturated heterocycles. The molecule has 0 unspecified atom stereocenters. The highest BCUT2D eigenvalue weighted by atomic mass is 16.5. The molecule has 15 heavy (non-hydrogen) atoms. The molecule has 2 nitrogen and oxygen atoms in total. The Balaban J connectivity index is 2.29. The maximum absolute atomic E-state index is 5.77. The van der Waals surface area contributed by atoms with Gasteiger partial charge in [0.25, 0.3) is 0 Å². The van der Waals surface area contributed by atoms with Crippen LogP contribution in [0.1, 0.15) is 11.1 Å². The van der Waals surface area contributed by atoms with Crippen molar-refractivity contribution in [2.45, 2.75) is 13.8 Å². The molecule has 0 atom stereocenters. The van der Waals surface area contributed by atoms with E-state index in [0.29, 0.717) is 0 Å². The topological polar surface area (TPSA) is 14.2 Å². The highest BCUT2D eigenvalue weighted by Gasteiger charge is 2.03. The van der Waals surface area contributed by atoms with Gasteiger partial charge in [0.2, 0.25) is 0 Å². The zero-order valence-electron chi connectivity index (χ0n) is 9.24. The maximum Gasteiger partial charge on any atom is 0.200 e. The summed E-state index contributed by atoms with van der Waals surface area (Å²) in [6.07, 6.45) is 3.01. The third-order valence-corrected chi connectivity index (χ3v) is 2.37. The van der Waals surface area contributed by atoms with Crippen molar-refractivity contribution in [2.24, 2.45) is 7.05 Å². The van der Waals surface area contributed by atoms with Crippen LogP contribution >= 0.6 is 0 Å². The Bertz CT molecular complexity index is 471. The normalized spacial score (nSPS) is 10.3. The molecule has 2 heteroatoms. The molecular formula is C13H14NO. The predicted molar refractivity (Wildman–Crippen MR) is 60.2 cm³/mol. The van der Waals surface area contributed by atoms with Crippen molar-refractivity contribution >= 4 is 0 Å². The first-order chi connectivity index (χ1) is 7.16. The molecule has 0 bridgehead atoms. The Labute approximate surface area is 90.1 Å². The molecule has 1 heterocycles. The molecule has 0 aliphatic rings. The Kier molecular flexibility index (Phi) is 2.50. The Morgan fingerprint density at radius 1 is 1.20 bits per heavy atom. The summed E-state index contributed by atoms with van der Waals surface area (Å²) in [6, 6.07) is 9.91. The molecule has 2 aromatic rings. The van der Waals surface area contributed by atoms with Crippen molar-refractivity contribution in [3.8, 4) is 11.6 Å². The van der Waals surface area contributed by atoms with E-state index < -0.39 is 0 Å². The fourth-order valence-electron chi connectivity index (χ4n) is 1.52. The number of rotatable bonds is 2. The van der Waals surface area contributed by atoms with Gasteiger partial charge in [-0.3, -0.25) is 0 Å². The number of hydrogen-bond acceptors (Lipinski definition) is 1. The Morgan fingerprint density at radius 3 is 2.60 bits per heavy atom. The molecule has 0 fully saturated rings. The number of aromatic nitrogens is 1. The zero-order valence-corrected chi connectivity index (χ0v) is 9.24. The van der Waals surface area contributed by atoms with Gasteiger partial charge in [-0.25, -0.2) is 0 Å². The quantitative estimate of drug-likeness (QED) is 0.726. The molecule has 0 saturated carbocycles. The first kappa shape index (κ1) is 9.84. The van der Waals surface area contributed by atoms with Gasteiger partial charge in [-0.1, -0.05) is 17.7 Å². The van der Waals surface area contributed by atoms with Crippen molar-refractivity contribution in [1.29, 1.82) is 0 Å². The SMILES string of the molecule is Cc1ccc(Oc2cc[c]n2C)c(C)c1. The van der Waals surface area contributed by atoms with Gasteiger partial charge in [0, 0.05) is 13.1 Å². The van der Waals surface area contributed by atoms with Crippen molar-refractivity contribution in [3.05, 3.63) is 47.7 Å². The molecule has 0 aliphatic heterocycles. The molecule has 1 aromatic heterocycles. The second kappa shape index (κ2) is 3.81.